The zero-order valence-electron chi connectivity index (χ0n) is 27.6. The lowest BCUT2D eigenvalue weighted by Gasteiger charge is -2.40. The highest BCUT2D eigenvalue weighted by Crippen LogP contribution is 2.38. The molecule has 2 fully saturated rings. The number of aliphatic carboxylic acids is 1. The third-order valence-corrected chi connectivity index (χ3v) is 11.6. The van der Waals surface area contributed by atoms with Crippen molar-refractivity contribution in [3.05, 3.63) is 83.9 Å². The summed E-state index contributed by atoms with van der Waals surface area (Å²) in [6, 6.07) is 11.3. The molecule has 2 aliphatic rings. The predicted octanol–water partition coefficient (Wildman–Crippen LogP) is 4.87. The number of benzene rings is 2. The van der Waals surface area contributed by atoms with Crippen molar-refractivity contribution in [2.24, 2.45) is 5.92 Å². The van der Waals surface area contributed by atoms with Gasteiger partial charge in [-0.1, -0.05) is 43.3 Å². The number of carbonyl (C=O) groups excluding carboxylic acids is 1. The third kappa shape index (κ3) is 7.73. The van der Waals surface area contributed by atoms with E-state index in [-0.39, 0.29) is 61.3 Å². The first-order valence-electron chi connectivity index (χ1n) is 16.7. The van der Waals surface area contributed by atoms with Crippen LogP contribution in [0.15, 0.2) is 72.1 Å². The number of halogens is 2. The molecule has 264 valence electrons. The largest absolute Gasteiger partial charge is 0.481 e. The monoisotopic (exact) mass is 707 g/mol. The summed E-state index contributed by atoms with van der Waals surface area (Å²) in [6.07, 6.45) is 7.54. The summed E-state index contributed by atoms with van der Waals surface area (Å²) < 4.78 is 57.7. The van der Waals surface area contributed by atoms with E-state index in [1.54, 1.807) is 29.2 Å². The number of hydrogen-bond acceptors (Lipinski definition) is 9. The summed E-state index contributed by atoms with van der Waals surface area (Å²) in [5.74, 6) is -3.49. The molecule has 0 unspecified atom stereocenters. The van der Waals surface area contributed by atoms with Crippen LogP contribution in [0.5, 0.6) is 0 Å². The second-order valence-electron chi connectivity index (χ2n) is 12.9. The van der Waals surface area contributed by atoms with Crippen molar-refractivity contribution >= 4 is 38.9 Å². The first-order valence-corrected chi connectivity index (χ1v) is 18.1. The molecule has 1 aliphatic carbocycles. The molecule has 12 nitrogen and oxygen atoms in total. The van der Waals surface area contributed by atoms with Crippen molar-refractivity contribution in [3.63, 3.8) is 0 Å². The molecule has 1 amide bonds. The fraction of sp³-hybridized carbons (Fsp3) is 0.429. The lowest BCUT2D eigenvalue weighted by Crippen LogP contribution is -2.60. The Labute approximate surface area is 289 Å². The lowest BCUT2D eigenvalue weighted by atomic mass is 9.77. The first kappa shape index (κ1) is 35.2. The summed E-state index contributed by atoms with van der Waals surface area (Å²) in [4.78, 5) is 43.8. The minimum atomic E-state index is -4.13. The molecule has 4 aromatic rings. The van der Waals surface area contributed by atoms with Crippen LogP contribution in [-0.2, 0) is 32.1 Å². The highest BCUT2D eigenvalue weighted by Gasteiger charge is 2.41. The maximum absolute atomic E-state index is 14.1. The number of anilines is 1. The van der Waals surface area contributed by atoms with Crippen LogP contribution < -0.4 is 10.2 Å². The Balaban J connectivity index is 1.21. The van der Waals surface area contributed by atoms with Gasteiger partial charge in [-0.2, -0.15) is 4.31 Å². The molecule has 1 atom stereocenters. The number of fused-ring (bicyclic) bond motifs is 1. The number of amides is 1. The number of sulfonamides is 1. The van der Waals surface area contributed by atoms with Gasteiger partial charge >= 0.3 is 5.97 Å². The summed E-state index contributed by atoms with van der Waals surface area (Å²) >= 11 is 0. The molecular formula is C35H39F2N7O5S. The van der Waals surface area contributed by atoms with Gasteiger partial charge in [0.25, 0.3) is 5.92 Å². The second kappa shape index (κ2) is 14.7. The normalized spacial score (nSPS) is 20.5. The highest BCUT2D eigenvalue weighted by molar-refractivity contribution is 7.89. The van der Waals surface area contributed by atoms with E-state index in [2.05, 4.69) is 25.3 Å². The molecule has 2 aromatic carbocycles. The number of alkyl halides is 2. The Bertz CT molecular complexity index is 1940. The van der Waals surface area contributed by atoms with E-state index < -0.39 is 33.9 Å². The van der Waals surface area contributed by atoms with Crippen LogP contribution in [0.1, 0.15) is 68.1 Å². The SMILES string of the molecule is CCC(F)(F)c1ccc(CNC(=O)[C@H]2CN(c3cnc4cncnc4n3)CCN2S(=O)(=O)c2ccc(C3CCC(CC(=O)O)CC3)cc2)cc1. The van der Waals surface area contributed by atoms with Gasteiger partial charge in [-0.05, 0) is 60.8 Å². The van der Waals surface area contributed by atoms with Crippen molar-refractivity contribution in [2.45, 2.75) is 74.8 Å². The molecule has 0 bridgehead atoms. The van der Waals surface area contributed by atoms with Crippen LogP contribution in [0.2, 0.25) is 0 Å². The number of aromatic nitrogens is 4. The van der Waals surface area contributed by atoms with Crippen LogP contribution in [0, 0.1) is 5.92 Å². The number of hydrogen-bond donors (Lipinski definition) is 2. The molecular weight excluding hydrogens is 668 g/mol. The standard InChI is InChI=1S/C35H39F2N7O5S/c1-2-35(36,37)27-11-5-24(6-12-27)18-40-34(47)30-21-43(31-20-39-29-19-38-22-41-33(29)42-31)15-16-44(30)50(48,49)28-13-9-26(10-14-28)25-7-3-23(4-8-25)17-32(45)46/h5-6,9-14,19-20,22-23,25,30H,2-4,7-8,15-18,21H2,1H3,(H,40,47)(H,45,46)/t23?,25?,30-/m1/s1. The van der Waals surface area contributed by atoms with Gasteiger partial charge in [0.05, 0.1) is 17.3 Å². The van der Waals surface area contributed by atoms with E-state index in [9.17, 15) is 26.8 Å². The van der Waals surface area contributed by atoms with Gasteiger partial charge in [-0.3, -0.25) is 9.59 Å². The topological polar surface area (TPSA) is 159 Å². The Kier molecular flexibility index (Phi) is 10.3. The van der Waals surface area contributed by atoms with E-state index in [1.165, 1.54) is 54.2 Å². The number of carbonyl (C=O) groups is 2. The predicted molar refractivity (Wildman–Crippen MR) is 181 cm³/mol. The fourth-order valence-electron chi connectivity index (χ4n) is 6.76. The lowest BCUT2D eigenvalue weighted by molar-refractivity contribution is -0.138. The molecule has 2 aromatic heterocycles. The number of carboxylic acids is 1. The van der Waals surface area contributed by atoms with E-state index in [4.69, 9.17) is 5.11 Å². The Hall–Kier alpha value is -4.63. The van der Waals surface area contributed by atoms with Gasteiger partial charge in [-0.15, -0.1) is 0 Å². The molecule has 0 spiro atoms. The van der Waals surface area contributed by atoms with Crippen LogP contribution >= 0.6 is 0 Å². The maximum Gasteiger partial charge on any atom is 0.303 e. The number of piperazine rings is 1. The molecule has 15 heteroatoms. The van der Waals surface area contributed by atoms with Gasteiger partial charge in [0.15, 0.2) is 5.65 Å². The van der Waals surface area contributed by atoms with Crippen molar-refractivity contribution in [1.29, 1.82) is 0 Å². The maximum atomic E-state index is 14.1. The van der Waals surface area contributed by atoms with Crippen molar-refractivity contribution in [3.8, 4) is 0 Å². The quantitative estimate of drug-likeness (QED) is 0.220. The zero-order chi connectivity index (χ0) is 35.5. The minimum absolute atomic E-state index is 0.0112. The summed E-state index contributed by atoms with van der Waals surface area (Å²) in [5.41, 5.74) is 2.32. The van der Waals surface area contributed by atoms with E-state index in [0.717, 1.165) is 31.2 Å². The molecule has 6 rings (SSSR count). The Morgan fingerprint density at radius 2 is 1.70 bits per heavy atom. The zero-order valence-corrected chi connectivity index (χ0v) is 28.4. The molecule has 2 N–H and O–H groups in total. The molecule has 1 saturated carbocycles. The van der Waals surface area contributed by atoms with Crippen LogP contribution in [0.25, 0.3) is 11.2 Å². The average Bonchev–Trinajstić information content (AvgIpc) is 3.13. The van der Waals surface area contributed by atoms with Crippen LogP contribution in [-0.4, -0.2) is 75.3 Å². The minimum Gasteiger partial charge on any atom is -0.481 e. The number of rotatable bonds is 11. The van der Waals surface area contributed by atoms with E-state index >= 15 is 0 Å². The van der Waals surface area contributed by atoms with Crippen molar-refractivity contribution < 1.29 is 31.9 Å². The Morgan fingerprint density at radius 3 is 2.38 bits per heavy atom. The van der Waals surface area contributed by atoms with Crippen molar-refractivity contribution in [1.82, 2.24) is 29.6 Å². The van der Waals surface area contributed by atoms with Gasteiger partial charge in [0.2, 0.25) is 15.9 Å². The number of carboxylic acid groups (broad SMARTS) is 1. The smallest absolute Gasteiger partial charge is 0.303 e. The molecule has 3 heterocycles. The fourth-order valence-corrected chi connectivity index (χ4v) is 8.33. The summed E-state index contributed by atoms with van der Waals surface area (Å²) in [5, 5.41) is 11.9. The van der Waals surface area contributed by atoms with Crippen LogP contribution in [0.3, 0.4) is 0 Å². The molecule has 50 heavy (non-hydrogen) atoms. The molecule has 1 aliphatic heterocycles. The second-order valence-corrected chi connectivity index (χ2v) is 14.8. The highest BCUT2D eigenvalue weighted by atomic mass is 32.2. The Morgan fingerprint density at radius 1 is 0.980 bits per heavy atom. The van der Waals surface area contributed by atoms with E-state index in [0.29, 0.717) is 22.5 Å². The van der Waals surface area contributed by atoms with Crippen LogP contribution in [0.4, 0.5) is 14.6 Å². The third-order valence-electron chi connectivity index (χ3n) is 9.73. The molecule has 0 radical (unpaired) electrons. The average molecular weight is 708 g/mol. The van der Waals surface area contributed by atoms with Gasteiger partial charge in [0, 0.05) is 44.6 Å². The summed E-state index contributed by atoms with van der Waals surface area (Å²) in [6.45, 7) is 1.62. The van der Waals surface area contributed by atoms with E-state index in [1.807, 2.05) is 0 Å². The van der Waals surface area contributed by atoms with Crippen molar-refractivity contribution in [2.75, 3.05) is 24.5 Å². The van der Waals surface area contributed by atoms with Gasteiger partial charge in [0.1, 0.15) is 23.7 Å². The molecule has 1 saturated heterocycles. The number of nitrogens with zero attached hydrogens (tertiary/aromatic N) is 6. The first-order chi connectivity index (χ1) is 23.9. The van der Waals surface area contributed by atoms with Gasteiger partial charge < -0.3 is 15.3 Å². The van der Waals surface area contributed by atoms with Gasteiger partial charge in [-0.25, -0.2) is 37.1 Å². The number of nitrogens with one attached hydrogen (secondary N) is 1. The summed E-state index contributed by atoms with van der Waals surface area (Å²) in [7, 11) is -4.13.